The number of benzene rings is 1. The topological polar surface area (TPSA) is 36.4 Å². The maximum absolute atomic E-state index is 12.8. The van der Waals surface area contributed by atoms with Crippen LogP contribution in [0.4, 0.5) is 0 Å². The molecule has 2 aliphatic rings. The second-order valence-corrected chi connectivity index (χ2v) is 9.22. The van der Waals surface area contributed by atoms with Gasteiger partial charge < -0.3 is 4.90 Å². The third-order valence-electron chi connectivity index (χ3n) is 7.45. The maximum Gasteiger partial charge on any atom is 0.222 e. The zero-order valence-electron chi connectivity index (χ0n) is 17.8. The van der Waals surface area contributed by atoms with Gasteiger partial charge in [0.1, 0.15) is 0 Å². The van der Waals surface area contributed by atoms with Gasteiger partial charge in [-0.25, -0.2) is 0 Å². The molecule has 154 valence electrons. The van der Waals surface area contributed by atoms with E-state index in [9.17, 15) is 4.79 Å². The number of hydrogen-bond acceptors (Lipinski definition) is 3. The highest BCUT2D eigenvalue weighted by Gasteiger charge is 2.48. The molecule has 2 aromatic rings. The Labute approximate surface area is 174 Å². The van der Waals surface area contributed by atoms with Crippen molar-refractivity contribution in [3.63, 3.8) is 0 Å². The zero-order chi connectivity index (χ0) is 20.3. The standard InChI is InChI=1S/C25H33N3O/c1-27(2)25(22-8-4-3-5-9-22)14-12-24(13-15-25)16-18-28(20-24)23(29)11-10-21-7-6-17-26-19-21/h3-9,17,19H,10-16,18,20H2,1-2H3/t24-,25-. The molecule has 1 spiro atoms. The number of nitrogens with zero attached hydrogens (tertiary/aromatic N) is 3. The summed E-state index contributed by atoms with van der Waals surface area (Å²) < 4.78 is 0. The highest BCUT2D eigenvalue weighted by molar-refractivity contribution is 5.76. The molecule has 4 heteroatoms. The van der Waals surface area contributed by atoms with Crippen LogP contribution in [0.1, 0.15) is 49.7 Å². The first-order chi connectivity index (χ1) is 14.0. The Morgan fingerprint density at radius 1 is 1.03 bits per heavy atom. The summed E-state index contributed by atoms with van der Waals surface area (Å²) in [7, 11) is 4.43. The van der Waals surface area contributed by atoms with E-state index in [1.54, 1.807) is 6.20 Å². The molecule has 1 aromatic carbocycles. The third kappa shape index (κ3) is 4.09. The van der Waals surface area contributed by atoms with Gasteiger partial charge >= 0.3 is 0 Å². The highest BCUT2D eigenvalue weighted by atomic mass is 16.2. The quantitative estimate of drug-likeness (QED) is 0.764. The van der Waals surface area contributed by atoms with Gasteiger partial charge in [-0.1, -0.05) is 36.4 Å². The lowest BCUT2D eigenvalue weighted by atomic mass is 9.64. The second kappa shape index (κ2) is 8.27. The molecule has 29 heavy (non-hydrogen) atoms. The van der Waals surface area contributed by atoms with Crippen LogP contribution in [0.2, 0.25) is 0 Å². The van der Waals surface area contributed by atoms with Gasteiger partial charge in [-0.15, -0.1) is 0 Å². The molecule has 4 rings (SSSR count). The molecule has 1 amide bonds. The fourth-order valence-electron chi connectivity index (χ4n) is 5.45. The SMILES string of the molecule is CN(C)[C@]1(c2ccccc2)CC[C@]2(CCN(C(=O)CCc3cccnc3)C2)CC1. The number of likely N-dealkylation sites (tertiary alicyclic amines) is 1. The van der Waals surface area contributed by atoms with Crippen molar-refractivity contribution in [3.05, 3.63) is 66.0 Å². The van der Waals surface area contributed by atoms with Crippen molar-refractivity contribution in [3.8, 4) is 0 Å². The normalized spacial score (nSPS) is 26.9. The number of pyridine rings is 1. The van der Waals surface area contributed by atoms with Crippen LogP contribution in [-0.4, -0.2) is 47.9 Å². The fourth-order valence-corrected chi connectivity index (χ4v) is 5.45. The van der Waals surface area contributed by atoms with Gasteiger partial charge in [0.2, 0.25) is 5.91 Å². The minimum Gasteiger partial charge on any atom is -0.342 e. The van der Waals surface area contributed by atoms with Crippen LogP contribution < -0.4 is 0 Å². The van der Waals surface area contributed by atoms with E-state index < -0.39 is 0 Å². The van der Waals surface area contributed by atoms with Gasteiger partial charge in [0.25, 0.3) is 0 Å². The highest BCUT2D eigenvalue weighted by Crippen LogP contribution is 2.51. The minimum atomic E-state index is 0.129. The molecule has 2 fully saturated rings. The van der Waals surface area contributed by atoms with E-state index in [4.69, 9.17) is 0 Å². The molecule has 1 saturated carbocycles. The van der Waals surface area contributed by atoms with Crippen molar-refractivity contribution in [2.24, 2.45) is 5.41 Å². The molecular formula is C25H33N3O. The summed E-state index contributed by atoms with van der Waals surface area (Å²) in [6.45, 7) is 1.86. The Kier molecular flexibility index (Phi) is 5.73. The monoisotopic (exact) mass is 391 g/mol. The van der Waals surface area contributed by atoms with Gasteiger partial charge in [-0.2, -0.15) is 0 Å². The van der Waals surface area contributed by atoms with Crippen LogP contribution in [-0.2, 0) is 16.8 Å². The van der Waals surface area contributed by atoms with Gasteiger partial charge in [0.15, 0.2) is 0 Å². The number of carbonyl (C=O) groups excluding carboxylic acids is 1. The molecule has 0 atom stereocenters. The molecule has 1 aliphatic heterocycles. The molecule has 4 nitrogen and oxygen atoms in total. The number of rotatable bonds is 5. The van der Waals surface area contributed by atoms with E-state index in [1.807, 2.05) is 12.3 Å². The van der Waals surface area contributed by atoms with Crippen LogP contribution in [0.15, 0.2) is 54.9 Å². The van der Waals surface area contributed by atoms with Gasteiger partial charge in [-0.05, 0) is 75.2 Å². The predicted molar refractivity (Wildman–Crippen MR) is 116 cm³/mol. The van der Waals surface area contributed by atoms with Crippen LogP contribution in [0.5, 0.6) is 0 Å². The summed E-state index contributed by atoms with van der Waals surface area (Å²) in [5, 5.41) is 0. The molecule has 0 unspecified atom stereocenters. The Hall–Kier alpha value is -2.20. The Morgan fingerprint density at radius 3 is 2.45 bits per heavy atom. The summed E-state index contributed by atoms with van der Waals surface area (Å²) in [5.74, 6) is 0.304. The largest absolute Gasteiger partial charge is 0.342 e. The predicted octanol–water partition coefficient (Wildman–Crippen LogP) is 4.26. The molecular weight excluding hydrogens is 358 g/mol. The van der Waals surface area contributed by atoms with Crippen LogP contribution in [0, 0.1) is 5.41 Å². The second-order valence-electron chi connectivity index (χ2n) is 9.22. The number of hydrogen-bond donors (Lipinski definition) is 0. The van der Waals surface area contributed by atoms with Gasteiger partial charge in [0.05, 0.1) is 0 Å². The summed E-state index contributed by atoms with van der Waals surface area (Å²) in [6.07, 6.45) is 10.9. The molecule has 0 bridgehead atoms. The lowest BCUT2D eigenvalue weighted by molar-refractivity contribution is -0.130. The van der Waals surface area contributed by atoms with Crippen molar-refractivity contribution in [1.29, 1.82) is 0 Å². The Morgan fingerprint density at radius 2 is 1.79 bits per heavy atom. The summed E-state index contributed by atoms with van der Waals surface area (Å²) >= 11 is 0. The number of aryl methyl sites for hydroxylation is 1. The first kappa shape index (κ1) is 20.1. The molecule has 0 N–H and O–H groups in total. The van der Waals surface area contributed by atoms with Crippen LogP contribution >= 0.6 is 0 Å². The smallest absolute Gasteiger partial charge is 0.222 e. The molecule has 0 radical (unpaired) electrons. The van der Waals surface area contributed by atoms with Crippen molar-refractivity contribution in [1.82, 2.24) is 14.8 Å². The van der Waals surface area contributed by atoms with Crippen molar-refractivity contribution in [2.75, 3.05) is 27.2 Å². The number of amides is 1. The van der Waals surface area contributed by atoms with Crippen molar-refractivity contribution in [2.45, 2.75) is 50.5 Å². The number of carbonyl (C=O) groups is 1. The minimum absolute atomic E-state index is 0.129. The van der Waals surface area contributed by atoms with Crippen LogP contribution in [0.25, 0.3) is 0 Å². The fraction of sp³-hybridized carbons (Fsp3) is 0.520. The average Bonchev–Trinajstić information content (AvgIpc) is 3.18. The molecule has 1 saturated heterocycles. The summed E-state index contributed by atoms with van der Waals surface area (Å²) in [4.78, 5) is 21.5. The average molecular weight is 392 g/mol. The maximum atomic E-state index is 12.8. The van der Waals surface area contributed by atoms with E-state index in [0.717, 1.165) is 31.5 Å². The Balaban J connectivity index is 1.37. The van der Waals surface area contributed by atoms with Crippen molar-refractivity contribution < 1.29 is 4.79 Å². The van der Waals surface area contributed by atoms with E-state index in [0.29, 0.717) is 17.7 Å². The van der Waals surface area contributed by atoms with Crippen molar-refractivity contribution >= 4 is 5.91 Å². The van der Waals surface area contributed by atoms with Gasteiger partial charge in [-0.3, -0.25) is 14.7 Å². The first-order valence-corrected chi connectivity index (χ1v) is 10.9. The van der Waals surface area contributed by atoms with E-state index in [-0.39, 0.29) is 5.54 Å². The summed E-state index contributed by atoms with van der Waals surface area (Å²) in [5.41, 5.74) is 3.02. The first-order valence-electron chi connectivity index (χ1n) is 10.9. The van der Waals surface area contributed by atoms with Gasteiger partial charge in [0, 0.05) is 37.4 Å². The number of aromatic nitrogens is 1. The van der Waals surface area contributed by atoms with Crippen LogP contribution in [0.3, 0.4) is 0 Å². The molecule has 1 aliphatic carbocycles. The van der Waals surface area contributed by atoms with E-state index in [1.165, 1.54) is 31.2 Å². The zero-order valence-corrected chi connectivity index (χ0v) is 17.8. The Bertz CT molecular complexity index is 810. The molecule has 1 aromatic heterocycles. The lowest BCUT2D eigenvalue weighted by Crippen LogP contribution is -2.47. The lowest BCUT2D eigenvalue weighted by Gasteiger charge is -2.49. The third-order valence-corrected chi connectivity index (χ3v) is 7.45. The molecule has 2 heterocycles. The van der Waals surface area contributed by atoms with E-state index >= 15 is 0 Å². The summed E-state index contributed by atoms with van der Waals surface area (Å²) in [6, 6.07) is 15.0. The van der Waals surface area contributed by atoms with E-state index in [2.05, 4.69) is 65.3 Å².